The van der Waals surface area contributed by atoms with E-state index in [0.717, 1.165) is 39.7 Å². The van der Waals surface area contributed by atoms with Gasteiger partial charge in [0.1, 0.15) is 23.3 Å². The molecule has 0 spiro atoms. The third-order valence-electron chi connectivity index (χ3n) is 6.09. The van der Waals surface area contributed by atoms with Crippen molar-refractivity contribution >= 4 is 28.9 Å². The molecule has 0 aliphatic carbocycles. The van der Waals surface area contributed by atoms with Crippen LogP contribution in [-0.2, 0) is 6.54 Å². The Balaban J connectivity index is 1.53. The zero-order valence-corrected chi connectivity index (χ0v) is 20.4. The fraction of sp³-hybridized carbons (Fsp3) is 0.185. The number of aromatic nitrogens is 1. The largest absolute Gasteiger partial charge is 0.497 e. The number of methoxy groups -OCH3 is 1. The Kier molecular flexibility index (Phi) is 6.26. The Hall–Kier alpha value is -3.35. The summed E-state index contributed by atoms with van der Waals surface area (Å²) in [7, 11) is 1.66. The highest BCUT2D eigenvalue weighted by Gasteiger charge is 2.41. The third kappa shape index (κ3) is 4.39. The fourth-order valence-corrected chi connectivity index (χ4v) is 4.81. The minimum atomic E-state index is -0.169. The fourth-order valence-electron chi connectivity index (χ4n) is 4.33. The molecule has 1 aliphatic heterocycles. The van der Waals surface area contributed by atoms with Crippen molar-refractivity contribution in [1.82, 2.24) is 15.2 Å². The van der Waals surface area contributed by atoms with Crippen molar-refractivity contribution in [2.45, 2.75) is 25.6 Å². The summed E-state index contributed by atoms with van der Waals surface area (Å²) in [5.41, 5.74) is 4.10. The van der Waals surface area contributed by atoms with Crippen LogP contribution in [0.5, 0.6) is 5.75 Å². The smallest absolute Gasteiger partial charge is 0.170 e. The van der Waals surface area contributed by atoms with Crippen molar-refractivity contribution in [2.75, 3.05) is 7.11 Å². The van der Waals surface area contributed by atoms with Crippen LogP contribution in [0.2, 0.25) is 5.02 Å². The van der Waals surface area contributed by atoms with E-state index in [9.17, 15) is 0 Å². The summed E-state index contributed by atoms with van der Waals surface area (Å²) in [6.45, 7) is 2.67. The first kappa shape index (κ1) is 22.4. The highest BCUT2D eigenvalue weighted by atomic mass is 35.5. The van der Waals surface area contributed by atoms with Crippen LogP contribution in [0, 0.1) is 6.92 Å². The van der Waals surface area contributed by atoms with Gasteiger partial charge in [-0.2, -0.15) is 0 Å². The number of thiocarbonyl (C=S) groups is 1. The van der Waals surface area contributed by atoms with Gasteiger partial charge in [-0.3, -0.25) is 4.98 Å². The van der Waals surface area contributed by atoms with Crippen LogP contribution in [0.4, 0.5) is 0 Å². The maximum Gasteiger partial charge on any atom is 0.170 e. The standard InChI is InChI=1S/C27H24ClN3O2S/c1-17-6-9-19(28)15-21(17)23-12-13-24(33-23)26-25(22-5-3-4-14-29-22)30-27(34)31(26)16-18-7-10-20(32-2)11-8-18/h3-15,25-26H,16H2,1-2H3,(H,30,34). The van der Waals surface area contributed by atoms with Crippen molar-refractivity contribution in [3.63, 3.8) is 0 Å². The van der Waals surface area contributed by atoms with E-state index in [1.165, 1.54) is 0 Å². The van der Waals surface area contributed by atoms with Crippen molar-refractivity contribution in [3.8, 4) is 17.1 Å². The molecule has 1 N–H and O–H groups in total. The molecule has 7 heteroatoms. The highest BCUT2D eigenvalue weighted by molar-refractivity contribution is 7.80. The zero-order valence-electron chi connectivity index (χ0n) is 18.9. The second kappa shape index (κ2) is 9.49. The topological polar surface area (TPSA) is 50.5 Å². The Morgan fingerprint density at radius 2 is 1.91 bits per heavy atom. The minimum Gasteiger partial charge on any atom is -0.497 e. The lowest BCUT2D eigenvalue weighted by molar-refractivity contribution is 0.269. The van der Waals surface area contributed by atoms with Gasteiger partial charge in [-0.05, 0) is 78.8 Å². The van der Waals surface area contributed by atoms with Gasteiger partial charge in [-0.25, -0.2) is 0 Å². The summed E-state index contributed by atoms with van der Waals surface area (Å²) in [5, 5.41) is 4.81. The highest BCUT2D eigenvalue weighted by Crippen LogP contribution is 2.41. The molecule has 3 heterocycles. The first-order chi connectivity index (χ1) is 16.5. The van der Waals surface area contributed by atoms with Crippen LogP contribution in [0.3, 0.4) is 0 Å². The first-order valence-corrected chi connectivity index (χ1v) is 11.8. The van der Waals surface area contributed by atoms with Gasteiger partial charge in [0.15, 0.2) is 5.11 Å². The van der Waals surface area contributed by atoms with Gasteiger partial charge in [0.2, 0.25) is 0 Å². The van der Waals surface area contributed by atoms with E-state index < -0.39 is 0 Å². The van der Waals surface area contributed by atoms with Gasteiger partial charge >= 0.3 is 0 Å². The molecule has 2 aromatic heterocycles. The third-order valence-corrected chi connectivity index (χ3v) is 6.68. The summed E-state index contributed by atoms with van der Waals surface area (Å²) in [5.74, 6) is 2.41. The van der Waals surface area contributed by atoms with Crippen LogP contribution in [0.25, 0.3) is 11.3 Å². The summed E-state index contributed by atoms with van der Waals surface area (Å²) in [6, 6.07) is 23.4. The lowest BCUT2D eigenvalue weighted by Gasteiger charge is -2.26. The minimum absolute atomic E-state index is 0.147. The summed E-state index contributed by atoms with van der Waals surface area (Å²) >= 11 is 12.0. The molecule has 34 heavy (non-hydrogen) atoms. The van der Waals surface area contributed by atoms with E-state index in [0.29, 0.717) is 16.7 Å². The van der Waals surface area contributed by atoms with Gasteiger partial charge in [0.05, 0.1) is 18.8 Å². The van der Waals surface area contributed by atoms with Gasteiger partial charge in [-0.15, -0.1) is 0 Å². The second-order valence-electron chi connectivity index (χ2n) is 8.26. The zero-order chi connectivity index (χ0) is 23.7. The number of aryl methyl sites for hydroxylation is 1. The maximum atomic E-state index is 6.45. The predicted molar refractivity (Wildman–Crippen MR) is 138 cm³/mol. The molecule has 2 unspecified atom stereocenters. The molecule has 0 radical (unpaired) electrons. The van der Waals surface area contributed by atoms with Crippen molar-refractivity contribution in [2.24, 2.45) is 0 Å². The molecule has 1 saturated heterocycles. The number of benzene rings is 2. The molecular weight excluding hydrogens is 466 g/mol. The maximum absolute atomic E-state index is 6.45. The lowest BCUT2D eigenvalue weighted by atomic mass is 10.0. The number of furan rings is 1. The monoisotopic (exact) mass is 489 g/mol. The van der Waals surface area contributed by atoms with Crippen LogP contribution in [0.1, 0.15) is 34.7 Å². The van der Waals surface area contributed by atoms with E-state index in [2.05, 4.69) is 27.3 Å². The quantitative estimate of drug-likeness (QED) is 0.312. The number of hydrogen-bond acceptors (Lipinski definition) is 4. The SMILES string of the molecule is COc1ccc(CN2C(=S)NC(c3ccccn3)C2c2ccc(-c3cc(Cl)ccc3C)o2)cc1. The average Bonchev–Trinajstić information content (AvgIpc) is 3.46. The summed E-state index contributed by atoms with van der Waals surface area (Å²) in [6.07, 6.45) is 1.80. The molecule has 0 bridgehead atoms. The van der Waals surface area contributed by atoms with Gasteiger partial charge < -0.3 is 19.4 Å². The molecule has 5 rings (SSSR count). The summed E-state index contributed by atoms with van der Waals surface area (Å²) in [4.78, 5) is 6.76. The van der Waals surface area contributed by atoms with Crippen LogP contribution < -0.4 is 10.1 Å². The molecule has 172 valence electrons. The Bertz CT molecular complexity index is 1310. The number of hydrogen-bond donors (Lipinski definition) is 1. The molecule has 4 aromatic rings. The van der Waals surface area contributed by atoms with Gasteiger partial charge in [-0.1, -0.05) is 35.9 Å². The molecule has 1 fully saturated rings. The van der Waals surface area contributed by atoms with Crippen molar-refractivity contribution < 1.29 is 9.15 Å². The van der Waals surface area contributed by atoms with Crippen LogP contribution >= 0.6 is 23.8 Å². The number of halogens is 1. The van der Waals surface area contributed by atoms with E-state index in [1.807, 2.05) is 67.6 Å². The van der Waals surface area contributed by atoms with Gasteiger partial charge in [0.25, 0.3) is 0 Å². The van der Waals surface area contributed by atoms with E-state index in [1.54, 1.807) is 13.3 Å². The van der Waals surface area contributed by atoms with E-state index >= 15 is 0 Å². The molecule has 2 atom stereocenters. The number of nitrogens with zero attached hydrogens (tertiary/aromatic N) is 2. The Labute approximate surface area is 209 Å². The van der Waals surface area contributed by atoms with Crippen molar-refractivity contribution in [3.05, 3.63) is 107 Å². The number of nitrogens with one attached hydrogen (secondary N) is 1. The molecule has 0 amide bonds. The van der Waals surface area contributed by atoms with Gasteiger partial charge in [0, 0.05) is 23.3 Å². The van der Waals surface area contributed by atoms with E-state index in [-0.39, 0.29) is 12.1 Å². The average molecular weight is 490 g/mol. The van der Waals surface area contributed by atoms with Crippen LogP contribution in [-0.4, -0.2) is 22.1 Å². The first-order valence-electron chi connectivity index (χ1n) is 11.0. The molecular formula is C27H24ClN3O2S. The summed E-state index contributed by atoms with van der Waals surface area (Å²) < 4.78 is 11.8. The number of rotatable bonds is 6. The molecule has 2 aromatic carbocycles. The normalized spacial score (nSPS) is 17.6. The molecule has 5 nitrogen and oxygen atoms in total. The number of pyridine rings is 1. The van der Waals surface area contributed by atoms with E-state index in [4.69, 9.17) is 33.0 Å². The lowest BCUT2D eigenvalue weighted by Crippen LogP contribution is -2.29. The number of ether oxygens (including phenoxy) is 1. The second-order valence-corrected chi connectivity index (χ2v) is 9.09. The molecule has 1 aliphatic rings. The molecule has 0 saturated carbocycles. The Morgan fingerprint density at radius 3 is 2.65 bits per heavy atom. The van der Waals surface area contributed by atoms with Crippen LogP contribution in [0.15, 0.2) is 83.4 Å². The Morgan fingerprint density at radius 1 is 1.09 bits per heavy atom. The predicted octanol–water partition coefficient (Wildman–Crippen LogP) is 6.48. The van der Waals surface area contributed by atoms with Crippen molar-refractivity contribution in [1.29, 1.82) is 0 Å².